The van der Waals surface area contributed by atoms with Gasteiger partial charge in [0.2, 0.25) is 0 Å². The zero-order chi connectivity index (χ0) is 10.5. The van der Waals surface area contributed by atoms with Crippen LogP contribution in [-0.4, -0.2) is 25.3 Å². The normalized spacial score (nSPS) is 14.0. The van der Waals surface area contributed by atoms with Gasteiger partial charge in [-0.15, -0.1) is 0 Å². The van der Waals surface area contributed by atoms with E-state index < -0.39 is 0 Å². The maximum Gasteiger partial charge on any atom is 0.0814 e. The van der Waals surface area contributed by atoms with Gasteiger partial charge >= 0.3 is 0 Å². The first kappa shape index (κ1) is 12.7. The molecule has 0 aromatic carbocycles. The van der Waals surface area contributed by atoms with Gasteiger partial charge in [0, 0.05) is 6.61 Å². The van der Waals surface area contributed by atoms with Gasteiger partial charge in [-0.05, 0) is 41.7 Å². The van der Waals surface area contributed by atoms with Gasteiger partial charge < -0.3 is 10.1 Å². The first-order valence-corrected chi connectivity index (χ1v) is 4.90. The zero-order valence-electron chi connectivity index (χ0n) is 9.77. The van der Waals surface area contributed by atoms with Crippen LogP contribution in [0.3, 0.4) is 0 Å². The average molecular weight is 185 g/mol. The van der Waals surface area contributed by atoms with E-state index in [1.54, 1.807) is 0 Å². The minimum absolute atomic E-state index is 0.138. The van der Waals surface area contributed by atoms with Crippen molar-refractivity contribution in [2.24, 2.45) is 0 Å². The second-order valence-corrected chi connectivity index (χ2v) is 4.05. The Labute approximate surface area is 82.4 Å². The Balaban J connectivity index is 4.46. The molecule has 0 saturated carbocycles. The minimum atomic E-state index is -0.138. The highest BCUT2D eigenvalue weighted by Crippen LogP contribution is 2.16. The molecule has 2 heteroatoms. The summed E-state index contributed by atoms with van der Waals surface area (Å²) in [6, 6.07) is 0.275. The summed E-state index contributed by atoms with van der Waals surface area (Å²) in [7, 11) is 1.96. The molecule has 0 rings (SSSR count). The third-order valence-corrected chi connectivity index (χ3v) is 2.08. The second kappa shape index (κ2) is 5.40. The smallest absolute Gasteiger partial charge is 0.0814 e. The molecule has 0 radical (unpaired) electrons. The molecule has 2 nitrogen and oxygen atoms in total. The molecule has 0 aliphatic heterocycles. The van der Waals surface area contributed by atoms with Crippen molar-refractivity contribution in [2.45, 2.75) is 46.3 Å². The number of hydrogen-bond donors (Lipinski definition) is 1. The lowest BCUT2D eigenvalue weighted by molar-refractivity contribution is -0.0253. The van der Waals surface area contributed by atoms with E-state index in [-0.39, 0.29) is 11.6 Å². The molecule has 13 heavy (non-hydrogen) atoms. The van der Waals surface area contributed by atoms with Crippen molar-refractivity contribution < 1.29 is 4.74 Å². The van der Waals surface area contributed by atoms with Gasteiger partial charge in [0.25, 0.3) is 0 Å². The van der Waals surface area contributed by atoms with Gasteiger partial charge in [-0.3, -0.25) is 0 Å². The highest BCUT2D eigenvalue weighted by Gasteiger charge is 2.26. The SMILES string of the molecule is CCOC(C)(C)C(C=C(C)C)NC. The first-order valence-electron chi connectivity index (χ1n) is 4.90. The quantitative estimate of drug-likeness (QED) is 0.664. The largest absolute Gasteiger partial charge is 0.374 e. The molecule has 0 heterocycles. The van der Waals surface area contributed by atoms with Crippen molar-refractivity contribution in [3.8, 4) is 0 Å². The maximum atomic E-state index is 5.68. The summed E-state index contributed by atoms with van der Waals surface area (Å²) in [6.45, 7) is 11.2. The Hall–Kier alpha value is -0.340. The monoisotopic (exact) mass is 185 g/mol. The molecular weight excluding hydrogens is 162 g/mol. The molecule has 0 aromatic rings. The molecular formula is C11H23NO. The lowest BCUT2D eigenvalue weighted by atomic mass is 9.97. The van der Waals surface area contributed by atoms with Gasteiger partial charge in [0.15, 0.2) is 0 Å². The van der Waals surface area contributed by atoms with Crippen LogP contribution in [0.25, 0.3) is 0 Å². The van der Waals surface area contributed by atoms with E-state index in [9.17, 15) is 0 Å². The summed E-state index contributed by atoms with van der Waals surface area (Å²) >= 11 is 0. The Morgan fingerprint density at radius 1 is 1.46 bits per heavy atom. The summed E-state index contributed by atoms with van der Waals surface area (Å²) in [5, 5.41) is 3.26. The number of rotatable bonds is 5. The van der Waals surface area contributed by atoms with Gasteiger partial charge in [-0.25, -0.2) is 0 Å². The average Bonchev–Trinajstić information content (AvgIpc) is 1.99. The van der Waals surface area contributed by atoms with Crippen LogP contribution in [0.15, 0.2) is 11.6 Å². The molecule has 1 N–H and O–H groups in total. The van der Waals surface area contributed by atoms with E-state index in [4.69, 9.17) is 4.74 Å². The molecule has 0 aromatic heterocycles. The van der Waals surface area contributed by atoms with Crippen LogP contribution in [0, 0.1) is 0 Å². The highest BCUT2D eigenvalue weighted by atomic mass is 16.5. The number of allylic oxidation sites excluding steroid dienone is 1. The van der Waals surface area contributed by atoms with Crippen LogP contribution in [-0.2, 0) is 4.74 Å². The molecule has 0 fully saturated rings. The third kappa shape index (κ3) is 4.44. The second-order valence-electron chi connectivity index (χ2n) is 4.05. The van der Waals surface area contributed by atoms with Gasteiger partial charge in [0.1, 0.15) is 0 Å². The van der Waals surface area contributed by atoms with E-state index >= 15 is 0 Å². The lowest BCUT2D eigenvalue weighted by Crippen LogP contribution is -2.46. The first-order chi connectivity index (χ1) is 5.94. The summed E-state index contributed by atoms with van der Waals surface area (Å²) in [4.78, 5) is 0. The van der Waals surface area contributed by atoms with Crippen LogP contribution < -0.4 is 5.32 Å². The number of nitrogens with one attached hydrogen (secondary N) is 1. The van der Waals surface area contributed by atoms with Crippen LogP contribution in [0.2, 0.25) is 0 Å². The summed E-state index contributed by atoms with van der Waals surface area (Å²) in [6.07, 6.45) is 2.20. The van der Waals surface area contributed by atoms with E-state index in [0.717, 1.165) is 6.61 Å². The van der Waals surface area contributed by atoms with Gasteiger partial charge in [-0.1, -0.05) is 11.6 Å². The van der Waals surface area contributed by atoms with Gasteiger partial charge in [-0.2, -0.15) is 0 Å². The topological polar surface area (TPSA) is 21.3 Å². The lowest BCUT2D eigenvalue weighted by Gasteiger charge is -2.32. The fraction of sp³-hybridized carbons (Fsp3) is 0.818. The molecule has 0 saturated heterocycles. The third-order valence-electron chi connectivity index (χ3n) is 2.08. The molecule has 0 aliphatic carbocycles. The van der Waals surface area contributed by atoms with Crippen molar-refractivity contribution >= 4 is 0 Å². The summed E-state index contributed by atoms with van der Waals surface area (Å²) in [5.41, 5.74) is 1.17. The van der Waals surface area contributed by atoms with Crippen molar-refractivity contribution in [3.63, 3.8) is 0 Å². The predicted octanol–water partition coefficient (Wildman–Crippen LogP) is 2.36. The van der Waals surface area contributed by atoms with E-state index in [2.05, 4.69) is 39.1 Å². The fourth-order valence-electron chi connectivity index (χ4n) is 1.43. The van der Waals surface area contributed by atoms with E-state index in [1.807, 2.05) is 14.0 Å². The Morgan fingerprint density at radius 3 is 2.31 bits per heavy atom. The molecule has 0 bridgehead atoms. The van der Waals surface area contributed by atoms with E-state index in [0.29, 0.717) is 0 Å². The summed E-state index contributed by atoms with van der Waals surface area (Å²) < 4.78 is 5.68. The summed E-state index contributed by atoms with van der Waals surface area (Å²) in [5.74, 6) is 0. The fourth-order valence-corrected chi connectivity index (χ4v) is 1.43. The molecule has 0 spiro atoms. The van der Waals surface area contributed by atoms with Crippen LogP contribution in [0.1, 0.15) is 34.6 Å². The van der Waals surface area contributed by atoms with Crippen molar-refractivity contribution in [1.29, 1.82) is 0 Å². The van der Waals surface area contributed by atoms with Crippen molar-refractivity contribution in [2.75, 3.05) is 13.7 Å². The Bertz CT molecular complexity index is 169. The molecule has 1 atom stereocenters. The van der Waals surface area contributed by atoms with Crippen LogP contribution in [0.5, 0.6) is 0 Å². The Morgan fingerprint density at radius 2 is 2.00 bits per heavy atom. The van der Waals surface area contributed by atoms with Crippen molar-refractivity contribution in [1.82, 2.24) is 5.32 Å². The van der Waals surface area contributed by atoms with Crippen LogP contribution >= 0.6 is 0 Å². The molecule has 0 aliphatic rings. The van der Waals surface area contributed by atoms with E-state index in [1.165, 1.54) is 5.57 Å². The van der Waals surface area contributed by atoms with Gasteiger partial charge in [0.05, 0.1) is 11.6 Å². The molecule has 1 unspecified atom stereocenters. The number of ether oxygens (including phenoxy) is 1. The standard InChI is InChI=1S/C11H23NO/c1-7-13-11(4,5)10(12-6)8-9(2)3/h8,10,12H,7H2,1-6H3. The molecule has 0 amide bonds. The van der Waals surface area contributed by atoms with Crippen LogP contribution in [0.4, 0.5) is 0 Å². The zero-order valence-corrected chi connectivity index (χ0v) is 9.77. The Kier molecular flexibility index (Phi) is 5.26. The number of hydrogen-bond acceptors (Lipinski definition) is 2. The maximum absolute atomic E-state index is 5.68. The predicted molar refractivity (Wildman–Crippen MR) is 58.0 cm³/mol. The minimum Gasteiger partial charge on any atom is -0.374 e. The molecule has 78 valence electrons. The highest BCUT2D eigenvalue weighted by molar-refractivity contribution is 5.06. The number of likely N-dealkylation sites (N-methyl/N-ethyl adjacent to an activating group) is 1. The van der Waals surface area contributed by atoms with Crippen molar-refractivity contribution in [3.05, 3.63) is 11.6 Å².